The first kappa shape index (κ1) is 15.0. The topological polar surface area (TPSA) is 12.0 Å². The molecule has 0 aliphatic rings. The van der Waals surface area contributed by atoms with E-state index in [1.54, 1.807) is 18.2 Å². The van der Waals surface area contributed by atoms with Gasteiger partial charge in [-0.3, -0.25) is 0 Å². The molecule has 2 rings (SSSR count). The minimum absolute atomic E-state index is 0.359. The smallest absolute Gasteiger partial charge is 0.380 e. The molecule has 0 aromatic heterocycles. The van der Waals surface area contributed by atoms with E-state index in [9.17, 15) is 13.2 Å². The summed E-state index contributed by atoms with van der Waals surface area (Å²) in [6.45, 7) is 0.359. The molecule has 0 radical (unpaired) electrons. The third-order valence-corrected chi connectivity index (χ3v) is 3.53. The van der Waals surface area contributed by atoms with Gasteiger partial charge in [0.05, 0.1) is 21.3 Å². The van der Waals surface area contributed by atoms with E-state index in [0.29, 0.717) is 27.8 Å². The van der Waals surface area contributed by atoms with Crippen LogP contribution in [0.3, 0.4) is 0 Å². The normalized spacial score (nSPS) is 11.4. The van der Waals surface area contributed by atoms with Crippen LogP contribution in [-0.4, -0.2) is 0 Å². The summed E-state index contributed by atoms with van der Waals surface area (Å²) in [5.41, 5.74) is 0.690. The first-order valence-electron chi connectivity index (χ1n) is 5.72. The molecule has 0 unspecified atom stereocenters. The van der Waals surface area contributed by atoms with Crippen LogP contribution in [0.15, 0.2) is 42.5 Å². The zero-order chi connectivity index (χ0) is 14.8. The molecule has 0 aliphatic carbocycles. The van der Waals surface area contributed by atoms with E-state index >= 15 is 0 Å². The summed E-state index contributed by atoms with van der Waals surface area (Å²) in [7, 11) is 0. The number of hydrogen-bond donors (Lipinski definition) is 1. The van der Waals surface area contributed by atoms with Crippen LogP contribution >= 0.6 is 23.2 Å². The fourth-order valence-corrected chi connectivity index (χ4v) is 2.02. The maximum atomic E-state index is 12.4. The van der Waals surface area contributed by atoms with Crippen LogP contribution in [-0.2, 0) is 12.7 Å². The Morgan fingerprint density at radius 2 is 1.60 bits per heavy atom. The van der Waals surface area contributed by atoms with Crippen LogP contribution in [0.5, 0.6) is 0 Å². The number of benzene rings is 2. The lowest BCUT2D eigenvalue weighted by Gasteiger charge is -2.11. The predicted octanol–water partition coefficient (Wildman–Crippen LogP) is 5.62. The quantitative estimate of drug-likeness (QED) is 0.773. The molecule has 106 valence electrons. The second-order valence-corrected chi connectivity index (χ2v) is 4.93. The van der Waals surface area contributed by atoms with E-state index in [2.05, 4.69) is 5.32 Å². The molecule has 20 heavy (non-hydrogen) atoms. The van der Waals surface area contributed by atoms with Crippen LogP contribution in [0, 0.1) is 0 Å². The summed E-state index contributed by atoms with van der Waals surface area (Å²) in [6, 6.07) is 10.1. The Kier molecular flexibility index (Phi) is 4.45. The molecular weight excluding hydrogens is 310 g/mol. The SMILES string of the molecule is FC(F)(F)c1ccc(CNc2cccc(Cl)c2Cl)cc1. The molecule has 2 aromatic carbocycles. The number of rotatable bonds is 3. The maximum Gasteiger partial charge on any atom is 0.416 e. The van der Waals surface area contributed by atoms with Crippen molar-refractivity contribution in [3.8, 4) is 0 Å². The lowest BCUT2D eigenvalue weighted by atomic mass is 10.1. The van der Waals surface area contributed by atoms with Gasteiger partial charge in [-0.1, -0.05) is 41.4 Å². The first-order valence-corrected chi connectivity index (χ1v) is 6.47. The van der Waals surface area contributed by atoms with Crippen molar-refractivity contribution in [1.82, 2.24) is 0 Å². The molecule has 0 bridgehead atoms. The first-order chi connectivity index (χ1) is 9.38. The largest absolute Gasteiger partial charge is 0.416 e. The molecule has 0 amide bonds. The Morgan fingerprint density at radius 3 is 2.20 bits per heavy atom. The molecule has 0 heterocycles. The monoisotopic (exact) mass is 319 g/mol. The van der Waals surface area contributed by atoms with Crippen LogP contribution in [0.4, 0.5) is 18.9 Å². The van der Waals surface area contributed by atoms with Gasteiger partial charge in [0, 0.05) is 6.54 Å². The van der Waals surface area contributed by atoms with Crippen LogP contribution in [0.1, 0.15) is 11.1 Å². The van der Waals surface area contributed by atoms with E-state index in [1.807, 2.05) is 0 Å². The highest BCUT2D eigenvalue weighted by atomic mass is 35.5. The van der Waals surface area contributed by atoms with Gasteiger partial charge < -0.3 is 5.32 Å². The average molecular weight is 320 g/mol. The van der Waals surface area contributed by atoms with Gasteiger partial charge in [0.2, 0.25) is 0 Å². The van der Waals surface area contributed by atoms with Gasteiger partial charge in [0.25, 0.3) is 0 Å². The Hall–Kier alpha value is -1.39. The Labute approximate surface area is 124 Å². The zero-order valence-corrected chi connectivity index (χ0v) is 11.7. The lowest BCUT2D eigenvalue weighted by Crippen LogP contribution is -2.05. The fraction of sp³-hybridized carbons (Fsp3) is 0.143. The van der Waals surface area contributed by atoms with Crippen molar-refractivity contribution in [2.75, 3.05) is 5.32 Å². The van der Waals surface area contributed by atoms with Crippen molar-refractivity contribution >= 4 is 28.9 Å². The molecule has 1 N–H and O–H groups in total. The number of hydrogen-bond acceptors (Lipinski definition) is 1. The second-order valence-electron chi connectivity index (χ2n) is 4.15. The minimum atomic E-state index is -4.32. The van der Waals surface area contributed by atoms with Gasteiger partial charge >= 0.3 is 6.18 Å². The number of anilines is 1. The summed E-state index contributed by atoms with van der Waals surface area (Å²) in [6.07, 6.45) is -4.32. The van der Waals surface area contributed by atoms with Crippen molar-refractivity contribution in [2.24, 2.45) is 0 Å². The van der Waals surface area contributed by atoms with E-state index in [1.165, 1.54) is 12.1 Å². The van der Waals surface area contributed by atoms with Gasteiger partial charge in [-0.25, -0.2) is 0 Å². The lowest BCUT2D eigenvalue weighted by molar-refractivity contribution is -0.137. The summed E-state index contributed by atoms with van der Waals surface area (Å²) < 4.78 is 37.3. The van der Waals surface area contributed by atoms with Gasteiger partial charge in [-0.2, -0.15) is 13.2 Å². The third kappa shape index (κ3) is 3.58. The van der Waals surface area contributed by atoms with Crippen LogP contribution in [0.25, 0.3) is 0 Å². The van der Waals surface area contributed by atoms with Crippen LogP contribution in [0.2, 0.25) is 10.0 Å². The highest BCUT2D eigenvalue weighted by molar-refractivity contribution is 6.43. The molecule has 0 spiro atoms. The Morgan fingerprint density at radius 1 is 0.950 bits per heavy atom. The maximum absolute atomic E-state index is 12.4. The van der Waals surface area contributed by atoms with E-state index in [0.717, 1.165) is 12.1 Å². The summed E-state index contributed by atoms with van der Waals surface area (Å²) in [4.78, 5) is 0. The molecule has 0 saturated heterocycles. The van der Waals surface area contributed by atoms with E-state index in [4.69, 9.17) is 23.2 Å². The van der Waals surface area contributed by atoms with Crippen molar-refractivity contribution in [2.45, 2.75) is 12.7 Å². The number of nitrogens with one attached hydrogen (secondary N) is 1. The van der Waals surface area contributed by atoms with Gasteiger partial charge in [0.15, 0.2) is 0 Å². The van der Waals surface area contributed by atoms with Crippen molar-refractivity contribution in [1.29, 1.82) is 0 Å². The molecular formula is C14H10Cl2F3N. The summed E-state index contributed by atoms with van der Waals surface area (Å²) in [5, 5.41) is 3.84. The minimum Gasteiger partial charge on any atom is -0.380 e. The summed E-state index contributed by atoms with van der Waals surface area (Å²) in [5.74, 6) is 0. The highest BCUT2D eigenvalue weighted by Gasteiger charge is 2.29. The molecule has 0 atom stereocenters. The standard InChI is InChI=1S/C14H10Cl2F3N/c15-11-2-1-3-12(13(11)16)20-8-9-4-6-10(7-5-9)14(17,18)19/h1-7,20H,8H2. The predicted molar refractivity (Wildman–Crippen MR) is 75.2 cm³/mol. The molecule has 6 heteroatoms. The summed E-state index contributed by atoms with van der Waals surface area (Å²) >= 11 is 11.9. The van der Waals surface area contributed by atoms with Crippen molar-refractivity contribution in [3.63, 3.8) is 0 Å². The van der Waals surface area contributed by atoms with Crippen molar-refractivity contribution < 1.29 is 13.2 Å². The molecule has 1 nitrogen and oxygen atoms in total. The van der Waals surface area contributed by atoms with E-state index in [-0.39, 0.29) is 0 Å². The Balaban J connectivity index is 2.06. The molecule has 0 fully saturated rings. The number of alkyl halides is 3. The molecule has 2 aromatic rings. The molecule has 0 saturated carbocycles. The van der Waals surface area contributed by atoms with E-state index < -0.39 is 11.7 Å². The zero-order valence-electron chi connectivity index (χ0n) is 10.1. The third-order valence-electron chi connectivity index (χ3n) is 2.72. The van der Waals surface area contributed by atoms with Gasteiger partial charge in [-0.05, 0) is 29.8 Å². The Bertz CT molecular complexity index is 594. The second kappa shape index (κ2) is 5.94. The van der Waals surface area contributed by atoms with Crippen LogP contribution < -0.4 is 5.32 Å². The van der Waals surface area contributed by atoms with Gasteiger partial charge in [-0.15, -0.1) is 0 Å². The molecule has 0 aliphatic heterocycles. The highest BCUT2D eigenvalue weighted by Crippen LogP contribution is 2.31. The number of halogens is 5. The fourth-order valence-electron chi connectivity index (χ4n) is 1.65. The van der Waals surface area contributed by atoms with Crippen molar-refractivity contribution in [3.05, 3.63) is 63.6 Å². The van der Waals surface area contributed by atoms with Gasteiger partial charge in [0.1, 0.15) is 0 Å². The average Bonchev–Trinajstić information content (AvgIpc) is 2.40.